The monoisotopic (exact) mass is 534 g/mol. The summed E-state index contributed by atoms with van der Waals surface area (Å²) in [6.45, 7) is 5.00. The maximum Gasteiger partial charge on any atom is 0.191 e. The molecule has 8 heteroatoms. The van der Waals surface area contributed by atoms with Crippen LogP contribution in [0.25, 0.3) is 0 Å². The normalized spacial score (nSPS) is 16.3. The highest BCUT2D eigenvalue weighted by atomic mass is 127. The Morgan fingerprint density at radius 1 is 1.25 bits per heavy atom. The average Bonchev–Trinajstić information content (AvgIpc) is 3.21. The van der Waals surface area contributed by atoms with Gasteiger partial charge in [-0.3, -0.25) is 9.89 Å². The SMILES string of the molecule is CN=C(NCCc1cccs1)NCC(c1cccc(Cl)c1)N1CCOCC1.I. The molecule has 1 saturated heterocycles. The summed E-state index contributed by atoms with van der Waals surface area (Å²) in [5.41, 5.74) is 1.21. The van der Waals surface area contributed by atoms with E-state index in [1.165, 1.54) is 10.4 Å². The fourth-order valence-corrected chi connectivity index (χ4v) is 4.14. The molecule has 0 amide bonds. The fourth-order valence-electron chi connectivity index (χ4n) is 3.23. The van der Waals surface area contributed by atoms with Gasteiger partial charge in [-0.2, -0.15) is 0 Å². The third-order valence-corrected chi connectivity index (χ3v) is 5.82. The van der Waals surface area contributed by atoms with Crippen molar-refractivity contribution in [2.45, 2.75) is 12.5 Å². The summed E-state index contributed by atoms with van der Waals surface area (Å²) in [6, 6.07) is 12.6. The van der Waals surface area contributed by atoms with E-state index < -0.39 is 0 Å². The first-order valence-corrected chi connectivity index (χ1v) is 10.6. The van der Waals surface area contributed by atoms with Crippen molar-refractivity contribution in [1.82, 2.24) is 15.5 Å². The summed E-state index contributed by atoms with van der Waals surface area (Å²) in [6.07, 6.45) is 1.000. The van der Waals surface area contributed by atoms with Gasteiger partial charge in [-0.25, -0.2) is 0 Å². The second kappa shape index (κ2) is 12.6. The van der Waals surface area contributed by atoms with Gasteiger partial charge < -0.3 is 15.4 Å². The molecule has 1 aromatic heterocycles. The third kappa shape index (κ3) is 7.18. The minimum absolute atomic E-state index is 0. The molecular formula is C20H28ClIN4OS. The number of morpholine rings is 1. The minimum atomic E-state index is 0. The predicted octanol–water partition coefficient (Wildman–Crippen LogP) is 3.80. The van der Waals surface area contributed by atoms with Crippen molar-refractivity contribution in [3.63, 3.8) is 0 Å². The summed E-state index contributed by atoms with van der Waals surface area (Å²) in [4.78, 5) is 8.19. The van der Waals surface area contributed by atoms with Crippen LogP contribution < -0.4 is 10.6 Å². The van der Waals surface area contributed by atoms with Gasteiger partial charge in [0.25, 0.3) is 0 Å². The number of hydrogen-bond donors (Lipinski definition) is 2. The van der Waals surface area contributed by atoms with Crippen LogP contribution in [-0.4, -0.2) is 57.3 Å². The second-order valence-corrected chi connectivity index (χ2v) is 7.90. The van der Waals surface area contributed by atoms with Crippen LogP contribution >= 0.6 is 46.9 Å². The van der Waals surface area contributed by atoms with Crippen molar-refractivity contribution in [2.75, 3.05) is 46.4 Å². The Bertz CT molecular complexity index is 723. The number of ether oxygens (including phenoxy) is 1. The number of halogens is 2. The highest BCUT2D eigenvalue weighted by molar-refractivity contribution is 14.0. The molecule has 5 nitrogen and oxygen atoms in total. The molecule has 1 atom stereocenters. The Morgan fingerprint density at radius 3 is 2.75 bits per heavy atom. The van der Waals surface area contributed by atoms with Gasteiger partial charge in [0.05, 0.1) is 19.3 Å². The van der Waals surface area contributed by atoms with Crippen molar-refractivity contribution in [3.05, 3.63) is 57.2 Å². The molecule has 154 valence electrons. The molecule has 28 heavy (non-hydrogen) atoms. The van der Waals surface area contributed by atoms with E-state index in [1.807, 2.05) is 19.2 Å². The first-order chi connectivity index (χ1) is 13.3. The first kappa shape index (κ1) is 23.4. The Balaban J connectivity index is 0.00000280. The van der Waals surface area contributed by atoms with Gasteiger partial charge in [-0.05, 0) is 35.6 Å². The molecule has 1 unspecified atom stereocenters. The molecule has 1 fully saturated rings. The van der Waals surface area contributed by atoms with E-state index in [2.05, 4.69) is 50.2 Å². The number of thiophene rings is 1. The molecular weight excluding hydrogens is 507 g/mol. The zero-order valence-electron chi connectivity index (χ0n) is 16.1. The molecule has 1 aromatic carbocycles. The summed E-state index contributed by atoms with van der Waals surface area (Å²) in [5, 5.41) is 9.77. The first-order valence-electron chi connectivity index (χ1n) is 9.30. The van der Waals surface area contributed by atoms with Crippen LogP contribution in [0, 0.1) is 0 Å². The second-order valence-electron chi connectivity index (χ2n) is 6.43. The number of aliphatic imine (C=N–C) groups is 1. The summed E-state index contributed by atoms with van der Waals surface area (Å²) < 4.78 is 5.52. The van der Waals surface area contributed by atoms with Crippen LogP contribution in [0.5, 0.6) is 0 Å². The van der Waals surface area contributed by atoms with E-state index >= 15 is 0 Å². The van der Waals surface area contributed by atoms with Crippen LogP contribution in [0.1, 0.15) is 16.5 Å². The van der Waals surface area contributed by atoms with Crippen LogP contribution in [0.15, 0.2) is 46.8 Å². The van der Waals surface area contributed by atoms with Crippen LogP contribution in [0.2, 0.25) is 5.02 Å². The highest BCUT2D eigenvalue weighted by Gasteiger charge is 2.23. The van der Waals surface area contributed by atoms with Gasteiger partial charge in [0.2, 0.25) is 0 Å². The topological polar surface area (TPSA) is 48.9 Å². The van der Waals surface area contributed by atoms with Crippen molar-refractivity contribution in [3.8, 4) is 0 Å². The lowest BCUT2D eigenvalue weighted by atomic mass is 10.0. The lowest BCUT2D eigenvalue weighted by molar-refractivity contribution is 0.0170. The number of rotatable bonds is 7. The van der Waals surface area contributed by atoms with Gasteiger partial charge in [0, 0.05) is 43.1 Å². The Hall–Kier alpha value is -0.870. The zero-order valence-corrected chi connectivity index (χ0v) is 20.0. The number of hydrogen-bond acceptors (Lipinski definition) is 4. The predicted molar refractivity (Wildman–Crippen MR) is 129 cm³/mol. The van der Waals surface area contributed by atoms with E-state index in [4.69, 9.17) is 16.3 Å². The van der Waals surface area contributed by atoms with E-state index in [-0.39, 0.29) is 30.0 Å². The van der Waals surface area contributed by atoms with Gasteiger partial charge >= 0.3 is 0 Å². The van der Waals surface area contributed by atoms with Crippen molar-refractivity contribution >= 4 is 52.9 Å². The van der Waals surface area contributed by atoms with Crippen molar-refractivity contribution in [2.24, 2.45) is 4.99 Å². The van der Waals surface area contributed by atoms with Gasteiger partial charge in [0.15, 0.2) is 5.96 Å². The number of nitrogens with zero attached hydrogens (tertiary/aromatic N) is 2. The fraction of sp³-hybridized carbons (Fsp3) is 0.450. The van der Waals surface area contributed by atoms with E-state index in [0.717, 1.165) is 56.8 Å². The molecule has 2 heterocycles. The quantitative estimate of drug-likeness (QED) is 0.322. The highest BCUT2D eigenvalue weighted by Crippen LogP contribution is 2.23. The maximum atomic E-state index is 6.24. The zero-order chi connectivity index (χ0) is 18.9. The van der Waals surface area contributed by atoms with Gasteiger partial charge in [-0.1, -0.05) is 29.8 Å². The van der Waals surface area contributed by atoms with E-state index in [9.17, 15) is 0 Å². The average molecular weight is 535 g/mol. The number of nitrogens with one attached hydrogen (secondary N) is 2. The van der Waals surface area contributed by atoms with Crippen molar-refractivity contribution < 1.29 is 4.74 Å². The Morgan fingerprint density at radius 2 is 2.07 bits per heavy atom. The van der Waals surface area contributed by atoms with Gasteiger partial charge in [0.1, 0.15) is 0 Å². The molecule has 2 N–H and O–H groups in total. The number of guanidine groups is 1. The Labute approximate surface area is 193 Å². The molecule has 0 spiro atoms. The minimum Gasteiger partial charge on any atom is -0.379 e. The van der Waals surface area contributed by atoms with E-state index in [0.29, 0.717) is 0 Å². The molecule has 0 radical (unpaired) electrons. The molecule has 1 aliphatic rings. The van der Waals surface area contributed by atoms with Crippen LogP contribution in [-0.2, 0) is 11.2 Å². The summed E-state index contributed by atoms with van der Waals surface area (Å²) in [5.74, 6) is 0.826. The third-order valence-electron chi connectivity index (χ3n) is 4.65. The summed E-state index contributed by atoms with van der Waals surface area (Å²) in [7, 11) is 1.81. The molecule has 0 aliphatic carbocycles. The maximum absolute atomic E-state index is 6.24. The largest absolute Gasteiger partial charge is 0.379 e. The Kier molecular flexibility index (Phi) is 10.6. The molecule has 1 aliphatic heterocycles. The molecule has 0 bridgehead atoms. The molecule has 3 rings (SSSR count). The lowest BCUT2D eigenvalue weighted by Gasteiger charge is -2.35. The number of benzene rings is 1. The lowest BCUT2D eigenvalue weighted by Crippen LogP contribution is -2.46. The molecule has 0 saturated carbocycles. The van der Waals surface area contributed by atoms with Crippen molar-refractivity contribution in [1.29, 1.82) is 0 Å². The van der Waals surface area contributed by atoms with Crippen LogP contribution in [0.3, 0.4) is 0 Å². The summed E-state index contributed by atoms with van der Waals surface area (Å²) >= 11 is 8.02. The van der Waals surface area contributed by atoms with Crippen LogP contribution in [0.4, 0.5) is 0 Å². The molecule has 2 aromatic rings. The van der Waals surface area contributed by atoms with E-state index in [1.54, 1.807) is 11.3 Å². The smallest absolute Gasteiger partial charge is 0.191 e. The standard InChI is InChI=1S/C20H27ClN4OS.HI/c1-22-20(23-8-7-18-6-3-13-27-18)24-15-19(25-9-11-26-12-10-25)16-4-2-5-17(21)14-16;/h2-6,13-14,19H,7-12,15H2,1H3,(H2,22,23,24);1H. The van der Waals surface area contributed by atoms with Gasteiger partial charge in [-0.15, -0.1) is 35.3 Å².